The molecule has 0 bridgehead atoms. The molecule has 1 N–H and O–H groups in total. The molecule has 0 fully saturated rings. The van der Waals surface area contributed by atoms with E-state index in [0.717, 1.165) is 89.9 Å². The fraction of sp³-hybridized carbons (Fsp3) is 0.769. The molecular weight excluding hydrogens is 1110 g/mol. The van der Waals surface area contributed by atoms with Crippen molar-refractivity contribution in [2.24, 2.45) is 0 Å². The Hall–Kier alpha value is -3.07. The molecule has 2 unspecified atom stereocenters. The summed E-state index contributed by atoms with van der Waals surface area (Å²) in [7, 11) is 1.46. The van der Waals surface area contributed by atoms with Crippen LogP contribution in [0.5, 0.6) is 0 Å². The Balaban J connectivity index is 3.94. The van der Waals surface area contributed by atoms with Gasteiger partial charge in [0.15, 0.2) is 6.10 Å². The SMILES string of the molecule is CC/C=C\C/C=C\C/C=C\C/C=C\C/C=C\C/C=C\CCCCCCC(=O)OC(COC(=O)CCCCCCCCCCCCCCCCCCCCCCCCCCCCCCC/C=C\C/C=C\CCCCCCC)COP(=O)(O)OCC[N+](C)(C)C. The third-order valence-corrected chi connectivity index (χ3v) is 17.1. The van der Waals surface area contributed by atoms with Gasteiger partial charge in [0.2, 0.25) is 0 Å². The number of ether oxygens (including phenoxy) is 2. The van der Waals surface area contributed by atoms with Crippen LogP contribution in [0.4, 0.5) is 0 Å². The first-order chi connectivity index (χ1) is 43.0. The van der Waals surface area contributed by atoms with E-state index in [2.05, 4.69) is 111 Å². The minimum atomic E-state index is -4.40. The number of phosphoric acid groups is 1. The molecule has 88 heavy (non-hydrogen) atoms. The molecule has 0 aromatic rings. The van der Waals surface area contributed by atoms with Crippen molar-refractivity contribution in [2.45, 2.75) is 341 Å². The summed E-state index contributed by atoms with van der Waals surface area (Å²) in [6, 6.07) is 0. The maximum absolute atomic E-state index is 12.9. The first kappa shape index (κ1) is 84.9. The number of unbranched alkanes of at least 4 members (excludes halogenated alkanes) is 38. The van der Waals surface area contributed by atoms with Gasteiger partial charge in [-0.25, -0.2) is 4.57 Å². The Labute approximate surface area is 544 Å². The van der Waals surface area contributed by atoms with Gasteiger partial charge in [0.1, 0.15) is 19.8 Å². The lowest BCUT2D eigenvalue weighted by molar-refractivity contribution is -0.870. The first-order valence-electron chi connectivity index (χ1n) is 37.0. The highest BCUT2D eigenvalue weighted by Crippen LogP contribution is 2.43. The first-order valence-corrected chi connectivity index (χ1v) is 38.5. The zero-order valence-corrected chi connectivity index (χ0v) is 59.1. The van der Waals surface area contributed by atoms with Crippen molar-refractivity contribution in [3.8, 4) is 0 Å². The molecule has 0 heterocycles. The van der Waals surface area contributed by atoms with Crippen molar-refractivity contribution >= 4 is 19.8 Å². The fourth-order valence-electron chi connectivity index (χ4n) is 10.5. The second kappa shape index (κ2) is 68.3. The number of hydrogen-bond donors (Lipinski definition) is 1. The maximum Gasteiger partial charge on any atom is 0.472 e. The Bertz CT molecular complexity index is 1810. The number of allylic oxidation sites excluding steroid dienone is 16. The largest absolute Gasteiger partial charge is 0.472 e. The summed E-state index contributed by atoms with van der Waals surface area (Å²) < 4.78 is 34.7. The molecule has 0 radical (unpaired) electrons. The molecule has 9 nitrogen and oxygen atoms in total. The molecule has 0 aliphatic heterocycles. The number of carbonyl (C=O) groups excluding carboxylic acids is 2. The monoisotopic (exact) mass is 1250 g/mol. The molecule has 0 saturated heterocycles. The van der Waals surface area contributed by atoms with E-state index in [1.54, 1.807) is 0 Å². The molecule has 0 rings (SSSR count). The zero-order chi connectivity index (χ0) is 64.1. The molecule has 0 aliphatic rings. The molecule has 2 atom stereocenters. The van der Waals surface area contributed by atoms with Crippen LogP contribution < -0.4 is 0 Å². The molecule has 0 amide bonds. The quantitative estimate of drug-likeness (QED) is 0.0211. The lowest BCUT2D eigenvalue weighted by Crippen LogP contribution is -2.37. The van der Waals surface area contributed by atoms with Gasteiger partial charge in [-0.3, -0.25) is 18.6 Å². The van der Waals surface area contributed by atoms with Crippen LogP contribution >= 0.6 is 7.82 Å². The van der Waals surface area contributed by atoms with Gasteiger partial charge in [-0.05, 0) is 96.3 Å². The van der Waals surface area contributed by atoms with Crippen LogP contribution in [0.15, 0.2) is 97.2 Å². The van der Waals surface area contributed by atoms with E-state index in [1.165, 1.54) is 212 Å². The fourth-order valence-corrected chi connectivity index (χ4v) is 11.2. The second-order valence-corrected chi connectivity index (χ2v) is 27.4. The van der Waals surface area contributed by atoms with E-state index >= 15 is 0 Å². The van der Waals surface area contributed by atoms with Crippen molar-refractivity contribution in [2.75, 3.05) is 47.5 Å². The number of rotatable bonds is 68. The van der Waals surface area contributed by atoms with Crippen LogP contribution in [0.2, 0.25) is 0 Å². The van der Waals surface area contributed by atoms with E-state index < -0.39 is 26.5 Å². The van der Waals surface area contributed by atoms with Crippen molar-refractivity contribution < 1.29 is 42.1 Å². The van der Waals surface area contributed by atoms with Gasteiger partial charge in [-0.2, -0.15) is 0 Å². The average molecular weight is 1250 g/mol. The van der Waals surface area contributed by atoms with E-state index in [-0.39, 0.29) is 32.0 Å². The smallest absolute Gasteiger partial charge is 0.462 e. The summed E-state index contributed by atoms with van der Waals surface area (Å²) in [4.78, 5) is 35.9. The maximum atomic E-state index is 12.9. The van der Waals surface area contributed by atoms with Crippen LogP contribution in [0.3, 0.4) is 0 Å². The number of quaternary nitrogens is 1. The van der Waals surface area contributed by atoms with Gasteiger partial charge in [0.05, 0.1) is 27.7 Å². The molecule has 510 valence electrons. The Morgan fingerprint density at radius 3 is 0.966 bits per heavy atom. The Morgan fingerprint density at radius 2 is 0.648 bits per heavy atom. The molecule has 0 saturated carbocycles. The van der Waals surface area contributed by atoms with E-state index in [4.69, 9.17) is 18.5 Å². The molecule has 10 heteroatoms. The Kier molecular flexibility index (Phi) is 65.9. The zero-order valence-electron chi connectivity index (χ0n) is 58.2. The summed E-state index contributed by atoms with van der Waals surface area (Å²) in [6.45, 7) is 4.31. The van der Waals surface area contributed by atoms with Crippen LogP contribution in [0.1, 0.15) is 335 Å². The number of hydrogen-bond acceptors (Lipinski definition) is 7. The number of phosphoric ester groups is 1. The number of likely N-dealkylation sites (N-methyl/N-ethyl adjacent to an activating group) is 1. The summed E-state index contributed by atoms with van der Waals surface area (Å²) in [6.07, 6.45) is 95.5. The molecular formula is C78H141NO8P+. The van der Waals surface area contributed by atoms with Crippen LogP contribution in [0, 0.1) is 0 Å². The number of carbonyl (C=O) groups is 2. The van der Waals surface area contributed by atoms with E-state index in [9.17, 15) is 19.0 Å². The van der Waals surface area contributed by atoms with Gasteiger partial charge in [-0.1, -0.05) is 323 Å². The van der Waals surface area contributed by atoms with E-state index in [1.807, 2.05) is 21.1 Å². The average Bonchev–Trinajstić information content (AvgIpc) is 3.68. The summed E-state index contributed by atoms with van der Waals surface area (Å²) >= 11 is 0. The second-order valence-electron chi connectivity index (χ2n) is 25.9. The molecule has 0 aromatic heterocycles. The highest BCUT2D eigenvalue weighted by Gasteiger charge is 2.27. The third-order valence-electron chi connectivity index (χ3n) is 16.1. The van der Waals surface area contributed by atoms with Gasteiger partial charge >= 0.3 is 19.8 Å². The van der Waals surface area contributed by atoms with Crippen molar-refractivity contribution in [1.29, 1.82) is 0 Å². The minimum Gasteiger partial charge on any atom is -0.462 e. The molecule has 0 spiro atoms. The van der Waals surface area contributed by atoms with Gasteiger partial charge in [0.25, 0.3) is 0 Å². The summed E-state index contributed by atoms with van der Waals surface area (Å²) in [5.74, 6) is -0.819. The topological polar surface area (TPSA) is 108 Å². The lowest BCUT2D eigenvalue weighted by Gasteiger charge is -2.24. The van der Waals surface area contributed by atoms with Crippen molar-refractivity contribution in [3.05, 3.63) is 97.2 Å². The predicted molar refractivity (Wildman–Crippen MR) is 381 cm³/mol. The van der Waals surface area contributed by atoms with Crippen molar-refractivity contribution in [1.82, 2.24) is 0 Å². The number of esters is 2. The summed E-state index contributed by atoms with van der Waals surface area (Å²) in [5.41, 5.74) is 0. The highest BCUT2D eigenvalue weighted by atomic mass is 31.2. The van der Waals surface area contributed by atoms with Crippen LogP contribution in [-0.4, -0.2) is 74.9 Å². The third kappa shape index (κ3) is 72.0. The summed E-state index contributed by atoms with van der Waals surface area (Å²) in [5, 5.41) is 0. The Morgan fingerprint density at radius 1 is 0.364 bits per heavy atom. The van der Waals surface area contributed by atoms with Gasteiger partial charge in [0, 0.05) is 12.8 Å². The standard InChI is InChI=1S/C78H140NO8P/c1-6-8-10-12-14-16-18-20-22-24-26-28-30-31-32-33-34-35-36-37-38-39-40-41-42-43-44-45-46-47-49-50-52-54-56-58-60-62-64-66-68-70-77(80)84-74-76(75-86-88(82,83)85-73-72-79(3,4)5)87-78(81)71-69-67-65-63-61-59-57-55-53-51-48-29-27-25-23-21-19-17-15-13-11-9-7-2/h9,11,15,17-18,20-21,23-24,26-27,29,51,53,57,59,76H,6-8,10,12-14,16,19,22,25,28,30-50,52,54-56,58,60-75H2,1-5H3/p+1/b11-9-,17-15-,20-18-,23-21-,26-24-,29-27-,53-51-,59-57-. The van der Waals surface area contributed by atoms with Crippen molar-refractivity contribution in [3.63, 3.8) is 0 Å². The molecule has 0 aliphatic carbocycles. The van der Waals surface area contributed by atoms with Crippen LogP contribution in [-0.2, 0) is 32.7 Å². The number of nitrogens with zero attached hydrogens (tertiary/aromatic N) is 1. The van der Waals surface area contributed by atoms with Gasteiger partial charge < -0.3 is 18.9 Å². The van der Waals surface area contributed by atoms with Gasteiger partial charge in [-0.15, -0.1) is 0 Å². The molecule has 0 aromatic carbocycles. The predicted octanol–water partition coefficient (Wildman–Crippen LogP) is 24.3. The van der Waals surface area contributed by atoms with Crippen LogP contribution in [0.25, 0.3) is 0 Å². The highest BCUT2D eigenvalue weighted by molar-refractivity contribution is 7.47. The van der Waals surface area contributed by atoms with E-state index in [0.29, 0.717) is 17.4 Å². The minimum absolute atomic E-state index is 0.0233. The lowest BCUT2D eigenvalue weighted by atomic mass is 10.0. The normalized spacial score (nSPS) is 13.7.